The van der Waals surface area contributed by atoms with Crippen LogP contribution in [0.2, 0.25) is 0 Å². The molecule has 0 saturated heterocycles. The molecule has 3 aliphatic rings. The summed E-state index contributed by atoms with van der Waals surface area (Å²) in [6.07, 6.45) is 0. The molecule has 0 spiro atoms. The van der Waals surface area contributed by atoms with Gasteiger partial charge in [-0.2, -0.15) is 0 Å². The van der Waals surface area contributed by atoms with Crippen LogP contribution in [0.25, 0.3) is 0 Å². The maximum atomic E-state index is 5.43. The van der Waals surface area contributed by atoms with Crippen molar-refractivity contribution in [2.24, 2.45) is 0 Å². The van der Waals surface area contributed by atoms with Gasteiger partial charge in [-0.25, -0.2) is 0 Å². The SMILES string of the molecule is S=C1Nc2ccccc2C(=S)Nc2ccccc21.S=C1Nc2ccccc2C(=S)Nc2ccccc21.S=C1Nc2ccccc2C(=S)Nc2ccccc21. The van der Waals surface area contributed by atoms with Crippen molar-refractivity contribution in [3.8, 4) is 0 Å². The molecule has 54 heavy (non-hydrogen) atoms. The maximum Gasteiger partial charge on any atom is 0.113 e. The van der Waals surface area contributed by atoms with E-state index in [1.54, 1.807) is 0 Å². The van der Waals surface area contributed by atoms with Gasteiger partial charge in [0.2, 0.25) is 0 Å². The van der Waals surface area contributed by atoms with Gasteiger partial charge in [-0.05, 0) is 72.8 Å². The van der Waals surface area contributed by atoms with Crippen LogP contribution in [-0.2, 0) is 0 Å². The highest BCUT2D eigenvalue weighted by atomic mass is 32.1. The fourth-order valence-corrected chi connectivity index (χ4v) is 7.61. The van der Waals surface area contributed by atoms with E-state index in [2.05, 4.69) is 31.9 Å². The Morgan fingerprint density at radius 2 is 0.333 bits per heavy atom. The highest BCUT2D eigenvalue weighted by molar-refractivity contribution is 7.82. The number of hydrogen-bond acceptors (Lipinski definition) is 6. The zero-order chi connectivity index (χ0) is 37.6. The summed E-state index contributed by atoms with van der Waals surface area (Å²) in [5.41, 5.74) is 11.4. The summed E-state index contributed by atoms with van der Waals surface area (Å²) in [5.74, 6) is 0. The summed E-state index contributed by atoms with van der Waals surface area (Å²) >= 11 is 32.6. The first-order valence-electron chi connectivity index (χ1n) is 16.7. The van der Waals surface area contributed by atoms with Crippen LogP contribution in [0, 0.1) is 0 Å². The monoisotopic (exact) mass is 810 g/mol. The lowest BCUT2D eigenvalue weighted by atomic mass is 10.1. The molecule has 0 amide bonds. The summed E-state index contributed by atoms with van der Waals surface area (Å²) < 4.78 is 0. The van der Waals surface area contributed by atoms with Crippen molar-refractivity contribution in [3.63, 3.8) is 0 Å². The van der Waals surface area contributed by atoms with Gasteiger partial charge in [0, 0.05) is 67.5 Å². The number of nitrogens with one attached hydrogen (secondary N) is 6. The van der Waals surface area contributed by atoms with E-state index >= 15 is 0 Å². The highest BCUT2D eigenvalue weighted by Gasteiger charge is 2.19. The van der Waals surface area contributed by atoms with E-state index in [1.807, 2.05) is 146 Å². The Morgan fingerprint density at radius 1 is 0.204 bits per heavy atom. The number of anilines is 6. The molecule has 12 heteroatoms. The van der Waals surface area contributed by atoms with Crippen molar-refractivity contribution < 1.29 is 0 Å². The topological polar surface area (TPSA) is 72.2 Å². The summed E-state index contributed by atoms with van der Waals surface area (Å²) in [7, 11) is 0. The Labute approximate surface area is 345 Å². The summed E-state index contributed by atoms with van der Waals surface area (Å²) in [4.78, 5) is 4.21. The molecule has 0 fully saturated rings. The summed E-state index contributed by atoms with van der Waals surface area (Å²) in [6, 6.07) is 47.3. The van der Waals surface area contributed by atoms with Gasteiger partial charge in [0.1, 0.15) is 29.9 Å². The van der Waals surface area contributed by atoms with Crippen molar-refractivity contribution in [2.45, 2.75) is 0 Å². The number of hydrogen-bond donors (Lipinski definition) is 6. The predicted octanol–water partition coefficient (Wildman–Crippen LogP) is 10.7. The van der Waals surface area contributed by atoms with Crippen LogP contribution < -0.4 is 31.9 Å². The van der Waals surface area contributed by atoms with Crippen molar-refractivity contribution >= 4 is 137 Å². The largest absolute Gasteiger partial charge is 0.345 e. The Bertz CT molecular complexity index is 2050. The fourth-order valence-electron chi connectivity index (χ4n) is 5.88. The second kappa shape index (κ2) is 16.8. The molecule has 6 nitrogen and oxygen atoms in total. The minimum absolute atomic E-state index is 0.702. The van der Waals surface area contributed by atoms with Gasteiger partial charge >= 0.3 is 0 Å². The normalized spacial score (nSPS) is 13.6. The second-order valence-corrected chi connectivity index (χ2v) is 14.4. The molecule has 9 rings (SSSR count). The van der Waals surface area contributed by atoms with Crippen LogP contribution in [-0.4, -0.2) is 29.9 Å². The third kappa shape index (κ3) is 8.24. The molecule has 0 saturated carbocycles. The fraction of sp³-hybridized carbons (Fsp3) is 0. The molecule has 3 heterocycles. The van der Waals surface area contributed by atoms with Gasteiger partial charge < -0.3 is 31.9 Å². The van der Waals surface area contributed by atoms with Crippen molar-refractivity contribution in [1.82, 2.24) is 0 Å². The number of fused-ring (bicyclic) bond motifs is 6. The lowest BCUT2D eigenvalue weighted by Gasteiger charge is -2.21. The van der Waals surface area contributed by atoms with Gasteiger partial charge in [0.05, 0.1) is 0 Å². The summed E-state index contributed by atoms with van der Waals surface area (Å²) in [5, 5.41) is 19.5. The predicted molar refractivity (Wildman–Crippen MR) is 251 cm³/mol. The average molecular weight is 811 g/mol. The Morgan fingerprint density at radius 3 is 0.481 bits per heavy atom. The molecule has 6 N–H and O–H groups in total. The smallest absolute Gasteiger partial charge is 0.113 e. The van der Waals surface area contributed by atoms with Gasteiger partial charge in [-0.15, -0.1) is 0 Å². The number of rotatable bonds is 0. The lowest BCUT2D eigenvalue weighted by Crippen LogP contribution is -2.22. The van der Waals surface area contributed by atoms with Crippen molar-refractivity contribution in [2.75, 3.05) is 31.9 Å². The molecule has 6 aromatic rings. The van der Waals surface area contributed by atoms with E-state index < -0.39 is 0 Å². The number of para-hydroxylation sites is 6. The molecule has 0 atom stereocenters. The molecule has 0 unspecified atom stereocenters. The Kier molecular flexibility index (Phi) is 11.5. The maximum absolute atomic E-state index is 5.43. The first-order valence-corrected chi connectivity index (χ1v) is 19.1. The van der Waals surface area contributed by atoms with E-state index in [0.29, 0.717) is 29.9 Å². The van der Waals surface area contributed by atoms with Crippen molar-refractivity contribution in [1.29, 1.82) is 0 Å². The van der Waals surface area contributed by atoms with Crippen LogP contribution >= 0.6 is 73.3 Å². The van der Waals surface area contributed by atoms with Crippen LogP contribution in [0.3, 0.4) is 0 Å². The molecule has 6 aromatic carbocycles. The molecule has 0 radical (unpaired) electrons. The molecule has 0 bridgehead atoms. The van der Waals surface area contributed by atoms with Gasteiger partial charge in [0.25, 0.3) is 0 Å². The zero-order valence-electron chi connectivity index (χ0n) is 28.3. The Hall–Kier alpha value is -5.34. The molecule has 0 aromatic heterocycles. The third-order valence-corrected chi connectivity index (χ3v) is 10.5. The van der Waals surface area contributed by atoms with Gasteiger partial charge in [-0.3, -0.25) is 0 Å². The molecule has 3 aliphatic heterocycles. The van der Waals surface area contributed by atoms with E-state index in [4.69, 9.17) is 73.3 Å². The van der Waals surface area contributed by atoms with Crippen LogP contribution in [0.4, 0.5) is 34.1 Å². The number of thiocarbonyl (C=S) groups is 6. The molecule has 0 aliphatic carbocycles. The van der Waals surface area contributed by atoms with Gasteiger partial charge in [-0.1, -0.05) is 146 Å². The average Bonchev–Trinajstić information content (AvgIpc) is 3.18. The van der Waals surface area contributed by atoms with Crippen LogP contribution in [0.1, 0.15) is 33.4 Å². The van der Waals surface area contributed by atoms with Crippen molar-refractivity contribution in [3.05, 3.63) is 179 Å². The van der Waals surface area contributed by atoms with Crippen LogP contribution in [0.15, 0.2) is 146 Å². The Balaban J connectivity index is 0.000000125. The zero-order valence-corrected chi connectivity index (χ0v) is 33.2. The van der Waals surface area contributed by atoms with Gasteiger partial charge in [0.15, 0.2) is 0 Å². The minimum Gasteiger partial charge on any atom is -0.345 e. The van der Waals surface area contributed by atoms with Crippen LogP contribution in [0.5, 0.6) is 0 Å². The molecular weight excluding hydrogens is 781 g/mol. The van der Waals surface area contributed by atoms with E-state index in [-0.39, 0.29) is 0 Å². The first kappa shape index (κ1) is 37.0. The first-order chi connectivity index (χ1) is 26.3. The molecular formula is C42H30N6S6. The number of benzene rings is 6. The third-order valence-electron chi connectivity index (χ3n) is 8.52. The quantitative estimate of drug-likeness (QED) is 0.0828. The van der Waals surface area contributed by atoms with E-state index in [1.165, 1.54) is 0 Å². The second-order valence-electron chi connectivity index (χ2n) is 12.0. The molecule has 264 valence electrons. The van der Waals surface area contributed by atoms with E-state index in [9.17, 15) is 0 Å². The standard InChI is InChI=1S/3C14H10N2S2/c3*17-13-9-5-1-3-7-11(9)15-14(18)10-6-2-4-8-12(10)16-13/h3*1-8H,(H,15,18)(H,16,17). The lowest BCUT2D eigenvalue weighted by molar-refractivity contribution is 1.53. The minimum atomic E-state index is 0.702. The summed E-state index contributed by atoms with van der Waals surface area (Å²) in [6.45, 7) is 0. The highest BCUT2D eigenvalue weighted by Crippen LogP contribution is 2.28. The van der Waals surface area contributed by atoms with E-state index in [0.717, 1.165) is 67.5 Å².